The number of aliphatic hydroxyl groups is 1. The number of likely N-dealkylation sites (N-methyl/N-ethyl adjacent to an activating group) is 2. The number of unbranched alkanes of at least 4 members (excludes halogenated alkanes) is 2. The zero-order valence-corrected chi connectivity index (χ0v) is 82.4. The molecule has 0 radical (unpaired) electrons. The second kappa shape index (κ2) is 51.0. The monoisotopic (exact) mass is 1990 g/mol. The van der Waals surface area contributed by atoms with Gasteiger partial charge in [-0.3, -0.25) is 91.0 Å². The number of primary amides is 1. The van der Waals surface area contributed by atoms with Gasteiger partial charge in [0.15, 0.2) is 5.78 Å². The molecule has 3 aromatic carbocycles. The van der Waals surface area contributed by atoms with Crippen LogP contribution in [0.25, 0.3) is 21.8 Å². The average Bonchev–Trinajstić information content (AvgIpc) is 1.53. The fraction of sp³-hybridized carbons (Fsp3) is 0.579. The Kier molecular flexibility index (Phi) is 40.4. The molecule has 0 unspecified atom stereocenters. The Labute approximate surface area is 816 Å². The van der Waals surface area contributed by atoms with E-state index in [0.29, 0.717) is 82.8 Å². The summed E-state index contributed by atoms with van der Waals surface area (Å²) in [6.07, 6.45) is -0.231. The lowest BCUT2D eigenvalue weighted by Gasteiger charge is -2.38. The van der Waals surface area contributed by atoms with Crippen molar-refractivity contribution in [2.75, 3.05) is 65.9 Å². The van der Waals surface area contributed by atoms with Gasteiger partial charge in [-0.1, -0.05) is 102 Å². The predicted molar refractivity (Wildman–Crippen MR) is 515 cm³/mol. The molecule has 45 heteroatoms. The molecule has 0 saturated carbocycles. The highest BCUT2D eigenvalue weighted by Gasteiger charge is 2.48. The maximum absolute atomic E-state index is 16.1. The highest BCUT2D eigenvalue weighted by atomic mass is 32.2. The summed E-state index contributed by atoms with van der Waals surface area (Å²) < 4.78 is 32.0. The number of aliphatic carboxylic acids is 2. The number of piperidine rings is 1. The van der Waals surface area contributed by atoms with Crippen molar-refractivity contribution in [1.82, 2.24) is 81.3 Å². The molecule has 0 bridgehead atoms. The third-order valence-corrected chi connectivity index (χ3v) is 27.8. The Balaban J connectivity index is 1.13. The van der Waals surface area contributed by atoms with E-state index < -0.39 is 276 Å². The minimum absolute atomic E-state index is 0.0000431. The SMILES string of the molecule is CCCC[C@H]1C(=O)N(C)[C@@H](CCCC)C(=O)N[C@@H](CC(C)C)C(=O)N[C@H](C(N)=O)C(C)(C)SCC(=O)N[C@@H](Cc2ccc(OC)cc2)C(=O)N2CCCC[C@H]2C(=O)N[C@@H](CC(=O)O)C(=O)N2CCC[C@H]2C(=O)N[C@@H](CN)C(=O)N[C@@H](CCC(=O)O)C(=O)N2C[C@H](O)C[C@H]2C(=O)C[C@@H](Cc2c[nH]c3ccccc23)C(=O)N[C@@H](CCN)C(=O)N[C@@H](Cc2cn(CC(=O)NS(C)(=O)=O)c3ccccc23)C(=O)N1C. The van der Waals surface area contributed by atoms with Gasteiger partial charge in [-0.25, -0.2) is 8.42 Å². The molecule has 2 aromatic heterocycles. The summed E-state index contributed by atoms with van der Waals surface area (Å²) >= 11 is 0.860. The third kappa shape index (κ3) is 30.0. The van der Waals surface area contributed by atoms with Crippen LogP contribution in [0.15, 0.2) is 85.2 Å². The number of hydrogen-bond acceptors (Lipinski definition) is 25. The van der Waals surface area contributed by atoms with Crippen LogP contribution in [0.3, 0.4) is 0 Å². The Morgan fingerprint density at radius 3 is 1.77 bits per heavy atom. The molecule has 5 aromatic rings. The van der Waals surface area contributed by atoms with E-state index >= 15 is 43.2 Å². The fourth-order valence-electron chi connectivity index (χ4n) is 18.4. The van der Waals surface area contributed by atoms with Crippen LogP contribution >= 0.6 is 11.8 Å². The minimum Gasteiger partial charge on any atom is -0.497 e. The highest BCUT2D eigenvalue weighted by molar-refractivity contribution is 8.01. The lowest BCUT2D eigenvalue weighted by molar-refractivity contribution is -0.149. The number of benzene rings is 3. The van der Waals surface area contributed by atoms with E-state index in [-0.39, 0.29) is 83.3 Å². The molecule has 4 saturated heterocycles. The second-order valence-corrected chi connectivity index (χ2v) is 40.7. The van der Waals surface area contributed by atoms with E-state index in [0.717, 1.165) is 32.7 Å². The number of nitrogens with zero attached hydrogens (tertiary/aromatic N) is 6. The largest absolute Gasteiger partial charge is 0.497 e. The number of nitrogens with two attached hydrogens (primary N) is 3. The highest BCUT2D eigenvalue weighted by Crippen LogP contribution is 2.33. The summed E-state index contributed by atoms with van der Waals surface area (Å²) in [6, 6.07) is -0.522. The Hall–Kier alpha value is -12.6. The first-order valence-electron chi connectivity index (χ1n) is 47.4. The van der Waals surface area contributed by atoms with Gasteiger partial charge in [0.25, 0.3) is 5.91 Å². The number of aromatic amines is 1. The van der Waals surface area contributed by atoms with Crippen LogP contribution in [0.1, 0.15) is 174 Å². The van der Waals surface area contributed by atoms with Crippen molar-refractivity contribution in [2.24, 2.45) is 29.0 Å². The average molecular weight is 1990 g/mol. The number of carboxylic acid groups (broad SMARTS) is 2. The van der Waals surface area contributed by atoms with Crippen molar-refractivity contribution in [1.29, 1.82) is 0 Å². The number of ketones is 1. The van der Waals surface area contributed by atoms with Crippen LogP contribution in [-0.4, -0.2) is 319 Å². The van der Waals surface area contributed by atoms with Crippen molar-refractivity contribution in [3.05, 3.63) is 102 Å². The number of Topliss-reactive ketones (excluding diaryl/α,β-unsaturated/α-hetero) is 1. The van der Waals surface area contributed by atoms with Crippen molar-refractivity contribution < 1.29 is 115 Å². The number of ether oxygens (including phenoxy) is 1. The van der Waals surface area contributed by atoms with Gasteiger partial charge >= 0.3 is 11.9 Å². The van der Waals surface area contributed by atoms with Gasteiger partial charge in [0, 0.05) is 117 Å². The molecule has 140 heavy (non-hydrogen) atoms. The number of methoxy groups -OCH3 is 1. The van der Waals surface area contributed by atoms with Gasteiger partial charge < -0.3 is 114 Å². The topological polar surface area (TPSA) is 635 Å². The van der Waals surface area contributed by atoms with Crippen molar-refractivity contribution in [3.63, 3.8) is 0 Å². The first kappa shape index (κ1) is 111. The summed E-state index contributed by atoms with van der Waals surface area (Å²) in [5.74, 6) is -19.9. The number of fused-ring (bicyclic) bond motifs is 5. The van der Waals surface area contributed by atoms with E-state index in [1.807, 2.05) is 18.6 Å². The fourth-order valence-corrected chi connectivity index (χ4v) is 19.8. The van der Waals surface area contributed by atoms with Gasteiger partial charge in [-0.2, -0.15) is 0 Å². The van der Waals surface area contributed by atoms with E-state index in [1.165, 1.54) is 55.6 Å². The van der Waals surface area contributed by atoms with Crippen LogP contribution in [0.4, 0.5) is 0 Å². The Bertz CT molecular complexity index is 5460. The number of aliphatic hydroxyl groups excluding tert-OH is 1. The molecule has 9 rings (SSSR count). The summed E-state index contributed by atoms with van der Waals surface area (Å²) in [7, 11) is 0.0490. The lowest BCUT2D eigenvalue weighted by atomic mass is 9.90. The number of carbonyl (C=O) groups is 18. The standard InChI is InChI=1S/C95H135N19O24S2/c1-11-13-25-71-87(128)103-65(40-53(3)4)85(126)107-81(82(98)123)95(5,6)139-52-78(118)100-66(41-54-30-32-59(138-9)33-31-54)92(133)112-38-20-19-28-72(112)88(129)105-68(46-80(121)122)93(134)113-39-21-29-73(113)89(130)106-69(47-97)86(127)102-64(34-35-79(119)120)91(132)114-50-58(115)45-75(114)76(116)44-55(42-56-48-99-62-24-17-15-22-60(56)62)83(124)101-63(36-37-96)84(125)104-67(90(131)110(8)74(26-14-12-2)94(135)109(71)7)43-57-49-111(51-77(117)108-140(10,136)137)70-27-18-16-23-61(57)70/h15-18,22-24,27,30-33,48-49,53,55,58,63-69,71-75,81,99,115H,11-14,19-21,25-26,28-29,34-47,50-52,96-97H2,1-10H3,(H2,98,123)(H,100,118)(H,101,124)(H,102,127)(H,103,128)(H,104,125)(H,105,129)(H,106,130)(H,107,126)(H,108,117)(H,119,120)(H,121,122)/t55-,58-,63+,64+,65+,66+,67+,68+,69+,71+,72+,73+,74+,75+,81-/m1/s1. The zero-order chi connectivity index (χ0) is 103. The molecular formula is C95H135N19O24S2. The number of carboxylic acids is 2. The summed E-state index contributed by atoms with van der Waals surface area (Å²) in [4.78, 5) is 274. The van der Waals surface area contributed by atoms with E-state index in [2.05, 4.69) is 47.5 Å². The van der Waals surface area contributed by atoms with Crippen LogP contribution in [-0.2, 0) is 122 Å². The van der Waals surface area contributed by atoms with Gasteiger partial charge in [0.05, 0.1) is 37.7 Å². The number of para-hydroxylation sites is 2. The first-order chi connectivity index (χ1) is 66.3. The Morgan fingerprint density at radius 2 is 1.15 bits per heavy atom. The predicted octanol–water partition coefficient (Wildman–Crippen LogP) is -0.239. The van der Waals surface area contributed by atoms with Crippen LogP contribution in [0.5, 0.6) is 5.75 Å². The molecule has 4 aliphatic rings. The normalized spacial score (nSPS) is 25.4. The number of H-pyrrole nitrogens is 1. The number of hydrogen-bond donors (Lipinski definition) is 16. The van der Waals surface area contributed by atoms with Crippen LogP contribution in [0, 0.1) is 11.8 Å². The molecular weight excluding hydrogens is 1860 g/mol. The molecule has 766 valence electrons. The maximum atomic E-state index is 16.1. The number of amides is 15. The molecule has 4 fully saturated rings. The van der Waals surface area contributed by atoms with E-state index in [4.69, 9.17) is 21.9 Å². The van der Waals surface area contributed by atoms with Gasteiger partial charge in [0.1, 0.15) is 84.8 Å². The second-order valence-electron chi connectivity index (χ2n) is 37.3. The number of rotatable bonds is 27. The lowest BCUT2D eigenvalue weighted by Crippen LogP contribution is -2.62. The number of carbonyl (C=O) groups excluding carboxylic acids is 16. The van der Waals surface area contributed by atoms with Crippen molar-refractivity contribution in [2.45, 2.75) is 272 Å². The smallest absolute Gasteiger partial charge is 0.305 e. The minimum atomic E-state index is -4.07. The first-order valence-corrected chi connectivity index (χ1v) is 50.3. The number of thioether (sulfide) groups is 1. The summed E-state index contributed by atoms with van der Waals surface area (Å²) in [6.45, 7) is 7.86. The van der Waals surface area contributed by atoms with E-state index in [1.54, 1.807) is 92.8 Å². The number of nitrogens with one attached hydrogen (secondary N) is 10. The molecule has 15 atom stereocenters. The van der Waals surface area contributed by atoms with Gasteiger partial charge in [-0.15, -0.1) is 11.8 Å². The molecule has 0 spiro atoms. The molecule has 4 aliphatic heterocycles. The zero-order valence-electron chi connectivity index (χ0n) is 80.8. The van der Waals surface area contributed by atoms with Crippen LogP contribution < -0.4 is 69.2 Å². The van der Waals surface area contributed by atoms with Gasteiger partial charge in [-0.05, 0) is 138 Å². The molecule has 19 N–H and O–H groups in total. The Morgan fingerprint density at radius 1 is 0.586 bits per heavy atom. The molecule has 43 nitrogen and oxygen atoms in total. The number of aromatic nitrogens is 2. The number of sulfonamides is 1. The van der Waals surface area contributed by atoms with E-state index in [9.17, 15) is 66.9 Å². The summed E-state index contributed by atoms with van der Waals surface area (Å²) in [5.41, 5.74) is 20.9. The van der Waals surface area contributed by atoms with Crippen LogP contribution in [0.2, 0.25) is 0 Å². The molecule has 6 heterocycles. The quantitative estimate of drug-likeness (QED) is 0.0323. The molecule has 0 aliphatic carbocycles. The maximum Gasteiger partial charge on any atom is 0.305 e. The third-order valence-electron chi connectivity index (χ3n) is 25.8. The summed E-state index contributed by atoms with van der Waals surface area (Å²) in [5, 5.41) is 54.3. The molecule has 15 amide bonds. The van der Waals surface area contributed by atoms with Crippen molar-refractivity contribution >= 4 is 150 Å². The van der Waals surface area contributed by atoms with Gasteiger partial charge in [0.2, 0.25) is 92.7 Å². The van der Waals surface area contributed by atoms with Crippen molar-refractivity contribution in [3.8, 4) is 5.75 Å².